The fourth-order valence-electron chi connectivity index (χ4n) is 4.35. The van der Waals surface area contributed by atoms with E-state index in [1.165, 1.54) is 0 Å². The third kappa shape index (κ3) is 2.21. The largest absolute Gasteiger partial charge is 0.477 e. The van der Waals surface area contributed by atoms with Crippen LogP contribution in [-0.4, -0.2) is 17.2 Å². The summed E-state index contributed by atoms with van der Waals surface area (Å²) in [6.45, 7) is 1.95. The molecule has 5 rings (SSSR count). The van der Waals surface area contributed by atoms with Crippen LogP contribution in [0.3, 0.4) is 0 Å². The molecule has 3 atom stereocenters. The van der Waals surface area contributed by atoms with E-state index in [0.29, 0.717) is 16.9 Å². The number of carbonyl (C=O) groups excluding carboxylic acids is 2. The zero-order chi connectivity index (χ0) is 18.6. The summed E-state index contributed by atoms with van der Waals surface area (Å²) in [6.07, 6.45) is 0. The summed E-state index contributed by atoms with van der Waals surface area (Å²) in [7, 11) is 0. The van der Waals surface area contributed by atoms with Gasteiger partial charge in [-0.2, -0.15) is 0 Å². The maximum absolute atomic E-state index is 13.4. The molecule has 0 amide bonds. The third-order valence-corrected chi connectivity index (χ3v) is 5.66. The van der Waals surface area contributed by atoms with Gasteiger partial charge in [-0.05, 0) is 24.6 Å². The van der Waals surface area contributed by atoms with E-state index in [2.05, 4.69) is 0 Å². The van der Waals surface area contributed by atoms with Crippen LogP contribution in [0.1, 0.15) is 37.8 Å². The molecule has 1 aliphatic heterocycles. The molecule has 3 heteroatoms. The number of hydrogen-bond donors (Lipinski definition) is 0. The minimum Gasteiger partial charge on any atom is -0.477 e. The Morgan fingerprint density at radius 2 is 1.59 bits per heavy atom. The van der Waals surface area contributed by atoms with Gasteiger partial charge in [-0.25, -0.2) is 0 Å². The Bertz CT molecular complexity index is 1060. The predicted octanol–water partition coefficient (Wildman–Crippen LogP) is 4.61. The lowest BCUT2D eigenvalue weighted by Gasteiger charge is -2.10. The molecule has 0 N–H and O–H groups in total. The van der Waals surface area contributed by atoms with Crippen molar-refractivity contribution in [1.82, 2.24) is 0 Å². The number of hydrogen-bond acceptors (Lipinski definition) is 3. The topological polar surface area (TPSA) is 43.4 Å². The SMILES string of the molecule is Cc1ccc2c(c1)C(=O)[C@@]1(O2)C(c2ccccc2)[C@@H]1C(=O)c1ccccc1. The van der Waals surface area contributed by atoms with E-state index in [9.17, 15) is 9.59 Å². The minimum absolute atomic E-state index is 0.0395. The number of aryl methyl sites for hydroxylation is 1. The van der Waals surface area contributed by atoms with Gasteiger partial charge in [0.15, 0.2) is 11.4 Å². The fraction of sp³-hybridized carbons (Fsp3) is 0.167. The van der Waals surface area contributed by atoms with Gasteiger partial charge in [-0.3, -0.25) is 9.59 Å². The van der Waals surface area contributed by atoms with Gasteiger partial charge < -0.3 is 4.74 Å². The number of carbonyl (C=O) groups is 2. The van der Waals surface area contributed by atoms with E-state index in [1.807, 2.05) is 73.7 Å². The van der Waals surface area contributed by atoms with E-state index < -0.39 is 11.5 Å². The number of benzene rings is 3. The van der Waals surface area contributed by atoms with Crippen molar-refractivity contribution < 1.29 is 14.3 Å². The Hall–Kier alpha value is -3.20. The molecule has 0 radical (unpaired) electrons. The van der Waals surface area contributed by atoms with Crippen LogP contribution in [0.4, 0.5) is 0 Å². The van der Waals surface area contributed by atoms with Crippen molar-refractivity contribution >= 4 is 11.6 Å². The molecule has 3 nitrogen and oxygen atoms in total. The summed E-state index contributed by atoms with van der Waals surface area (Å²) in [6, 6.07) is 24.5. The number of ketones is 2. The van der Waals surface area contributed by atoms with Gasteiger partial charge in [-0.1, -0.05) is 72.3 Å². The summed E-state index contributed by atoms with van der Waals surface area (Å²) in [5.41, 5.74) is 2.04. The van der Waals surface area contributed by atoms with Crippen LogP contribution in [0, 0.1) is 12.8 Å². The maximum Gasteiger partial charge on any atom is 0.211 e. The molecule has 132 valence electrons. The van der Waals surface area contributed by atoms with Crippen LogP contribution < -0.4 is 4.74 Å². The molecule has 0 saturated heterocycles. The quantitative estimate of drug-likeness (QED) is 0.645. The number of Topliss-reactive ketones (excluding diaryl/α,β-unsaturated/α-hetero) is 2. The number of rotatable bonds is 3. The summed E-state index contributed by atoms with van der Waals surface area (Å²) in [4.78, 5) is 26.7. The maximum atomic E-state index is 13.4. The Labute approximate surface area is 157 Å². The highest BCUT2D eigenvalue weighted by Gasteiger charge is 2.77. The average molecular weight is 354 g/mol. The van der Waals surface area contributed by atoms with E-state index >= 15 is 0 Å². The summed E-state index contributed by atoms with van der Waals surface area (Å²) in [5, 5.41) is 0. The molecule has 1 aliphatic carbocycles. The predicted molar refractivity (Wildman–Crippen MR) is 102 cm³/mol. The van der Waals surface area contributed by atoms with Crippen molar-refractivity contribution in [3.05, 3.63) is 101 Å². The Balaban J connectivity index is 1.62. The molecular formula is C24H18O3. The van der Waals surface area contributed by atoms with Crippen LogP contribution in [0.2, 0.25) is 0 Å². The highest BCUT2D eigenvalue weighted by atomic mass is 16.5. The van der Waals surface area contributed by atoms with Crippen molar-refractivity contribution in [1.29, 1.82) is 0 Å². The summed E-state index contributed by atoms with van der Waals surface area (Å²) in [5.74, 6) is -0.323. The average Bonchev–Trinajstić information content (AvgIpc) is 3.30. The first-order valence-electron chi connectivity index (χ1n) is 9.11. The van der Waals surface area contributed by atoms with E-state index in [0.717, 1.165) is 11.1 Å². The number of ether oxygens (including phenoxy) is 1. The van der Waals surface area contributed by atoms with Gasteiger partial charge in [0.2, 0.25) is 5.78 Å². The number of fused-ring (bicyclic) bond motifs is 1. The standard InChI is InChI=1S/C24H18O3/c1-15-12-13-19-18(14-15)23(26)24(27-19)20(16-8-4-2-5-9-16)21(24)22(25)17-10-6-3-7-11-17/h2-14,20-21H,1H3/t20?,21-,24-/m1/s1. The van der Waals surface area contributed by atoms with Crippen molar-refractivity contribution in [3.63, 3.8) is 0 Å². The zero-order valence-electron chi connectivity index (χ0n) is 14.9. The van der Waals surface area contributed by atoms with E-state index in [4.69, 9.17) is 4.74 Å². The molecule has 1 heterocycles. The van der Waals surface area contributed by atoms with Crippen LogP contribution in [0.25, 0.3) is 0 Å². The van der Waals surface area contributed by atoms with Crippen molar-refractivity contribution in [3.8, 4) is 5.75 Å². The first-order chi connectivity index (χ1) is 13.1. The van der Waals surface area contributed by atoms with Gasteiger partial charge in [-0.15, -0.1) is 0 Å². The monoisotopic (exact) mass is 354 g/mol. The lowest BCUT2D eigenvalue weighted by Crippen LogP contribution is -2.29. The molecule has 1 unspecified atom stereocenters. The first kappa shape index (κ1) is 16.0. The second-order valence-corrected chi connectivity index (χ2v) is 7.32. The van der Waals surface area contributed by atoms with Crippen molar-refractivity contribution in [2.45, 2.75) is 18.4 Å². The molecule has 2 aliphatic rings. The highest BCUT2D eigenvalue weighted by molar-refractivity contribution is 6.17. The normalized spacial score (nSPS) is 25.1. The van der Waals surface area contributed by atoms with Crippen molar-refractivity contribution in [2.24, 2.45) is 5.92 Å². The molecule has 3 aromatic carbocycles. The second kappa shape index (κ2) is 5.65. The van der Waals surface area contributed by atoms with Gasteiger partial charge in [0.25, 0.3) is 0 Å². The van der Waals surface area contributed by atoms with Crippen molar-refractivity contribution in [2.75, 3.05) is 0 Å². The summed E-state index contributed by atoms with van der Waals surface area (Å²) < 4.78 is 6.22. The van der Waals surface area contributed by atoms with Crippen LogP contribution >= 0.6 is 0 Å². The highest BCUT2D eigenvalue weighted by Crippen LogP contribution is 2.65. The molecule has 0 aromatic heterocycles. The Morgan fingerprint density at radius 1 is 0.926 bits per heavy atom. The fourth-order valence-corrected chi connectivity index (χ4v) is 4.35. The van der Waals surface area contributed by atoms with Gasteiger partial charge >= 0.3 is 0 Å². The van der Waals surface area contributed by atoms with Crippen LogP contribution in [-0.2, 0) is 0 Å². The molecule has 1 fully saturated rings. The lowest BCUT2D eigenvalue weighted by atomic mass is 10.00. The lowest BCUT2D eigenvalue weighted by molar-refractivity contribution is 0.0741. The molecule has 27 heavy (non-hydrogen) atoms. The van der Waals surface area contributed by atoms with Crippen LogP contribution in [0.15, 0.2) is 78.9 Å². The van der Waals surface area contributed by atoms with Gasteiger partial charge in [0.05, 0.1) is 11.5 Å². The second-order valence-electron chi connectivity index (χ2n) is 7.32. The minimum atomic E-state index is -1.12. The zero-order valence-corrected chi connectivity index (χ0v) is 14.9. The molecular weight excluding hydrogens is 336 g/mol. The van der Waals surface area contributed by atoms with Gasteiger partial charge in [0.1, 0.15) is 5.75 Å². The van der Waals surface area contributed by atoms with E-state index in [1.54, 1.807) is 12.1 Å². The Morgan fingerprint density at radius 3 is 2.30 bits per heavy atom. The molecule has 3 aromatic rings. The van der Waals surface area contributed by atoms with E-state index in [-0.39, 0.29) is 17.5 Å². The molecule has 1 spiro atoms. The smallest absolute Gasteiger partial charge is 0.211 e. The molecule has 1 saturated carbocycles. The van der Waals surface area contributed by atoms with Gasteiger partial charge in [0, 0.05) is 11.5 Å². The Kier molecular flexibility index (Phi) is 3.35. The first-order valence-corrected chi connectivity index (χ1v) is 9.11. The summed E-state index contributed by atoms with van der Waals surface area (Å²) >= 11 is 0. The third-order valence-electron chi connectivity index (χ3n) is 5.66. The molecule has 0 bridgehead atoms. The van der Waals surface area contributed by atoms with Crippen LogP contribution in [0.5, 0.6) is 5.75 Å².